The number of amides is 3. The summed E-state index contributed by atoms with van der Waals surface area (Å²) in [7, 11) is 0. The van der Waals surface area contributed by atoms with Crippen molar-refractivity contribution in [2.24, 2.45) is 0 Å². The lowest BCUT2D eigenvalue weighted by molar-refractivity contribution is -0.136. The molecule has 2 aliphatic heterocycles. The highest BCUT2D eigenvalue weighted by Gasteiger charge is 2.39. The Morgan fingerprint density at radius 3 is 2.66 bits per heavy atom. The van der Waals surface area contributed by atoms with E-state index in [-0.39, 0.29) is 18.2 Å². The number of nitrogens with zero attached hydrogens (tertiary/aromatic N) is 4. The molecule has 0 spiro atoms. The largest absolute Gasteiger partial charge is 0.322 e. The molecule has 1 atom stereocenters. The van der Waals surface area contributed by atoms with E-state index in [1.807, 2.05) is 36.5 Å². The van der Waals surface area contributed by atoms with Gasteiger partial charge in [-0.15, -0.1) is 5.10 Å². The molecule has 3 aromatic rings. The standard InChI is InChI=1S/C24H23N5O3/c1-14(2)17-5-3-4-6-19(17)20-13-29(27-26-20)16-7-8-18-15(11-16)12-28(24(18)32)21-9-10-22(30)25-23(21)31/h3-8,11,13-14,21H,9-10,12H2,1-2H3,(H,25,30,31). The number of imide groups is 1. The molecule has 0 radical (unpaired) electrons. The van der Waals surface area contributed by atoms with E-state index in [1.165, 1.54) is 5.56 Å². The molecule has 1 saturated heterocycles. The molecule has 1 aromatic heterocycles. The van der Waals surface area contributed by atoms with E-state index in [0.717, 1.165) is 22.5 Å². The number of carbonyl (C=O) groups is 3. The van der Waals surface area contributed by atoms with Gasteiger partial charge < -0.3 is 4.90 Å². The van der Waals surface area contributed by atoms with Crippen LogP contribution in [0.25, 0.3) is 16.9 Å². The van der Waals surface area contributed by atoms with Crippen LogP contribution in [0.3, 0.4) is 0 Å². The summed E-state index contributed by atoms with van der Waals surface area (Å²) in [5.74, 6) is -0.530. The smallest absolute Gasteiger partial charge is 0.255 e. The van der Waals surface area contributed by atoms with Crippen LogP contribution in [0.15, 0.2) is 48.7 Å². The summed E-state index contributed by atoms with van der Waals surface area (Å²) in [5, 5.41) is 11.0. The maximum Gasteiger partial charge on any atom is 0.255 e. The van der Waals surface area contributed by atoms with E-state index in [0.29, 0.717) is 24.4 Å². The lowest BCUT2D eigenvalue weighted by Gasteiger charge is -2.29. The van der Waals surface area contributed by atoms with Gasteiger partial charge in [0.25, 0.3) is 5.91 Å². The van der Waals surface area contributed by atoms with E-state index < -0.39 is 11.9 Å². The average Bonchev–Trinajstić information content (AvgIpc) is 3.39. The highest BCUT2D eigenvalue weighted by molar-refractivity contribution is 6.05. The number of fused-ring (bicyclic) bond motifs is 1. The fraction of sp³-hybridized carbons (Fsp3) is 0.292. The summed E-state index contributed by atoms with van der Waals surface area (Å²) in [5.41, 5.74) is 5.24. The predicted octanol–water partition coefficient (Wildman–Crippen LogP) is 2.82. The molecule has 2 aromatic carbocycles. The summed E-state index contributed by atoms with van der Waals surface area (Å²) < 4.78 is 1.70. The summed E-state index contributed by atoms with van der Waals surface area (Å²) >= 11 is 0. The Labute approximate surface area is 185 Å². The zero-order chi connectivity index (χ0) is 22.4. The average molecular weight is 429 g/mol. The first-order valence-corrected chi connectivity index (χ1v) is 10.7. The lowest BCUT2D eigenvalue weighted by Crippen LogP contribution is -2.52. The molecule has 32 heavy (non-hydrogen) atoms. The minimum atomic E-state index is -0.624. The van der Waals surface area contributed by atoms with Gasteiger partial charge in [-0.1, -0.05) is 43.3 Å². The second-order valence-electron chi connectivity index (χ2n) is 8.53. The molecule has 0 aliphatic carbocycles. The molecule has 1 N–H and O–H groups in total. The van der Waals surface area contributed by atoms with E-state index >= 15 is 0 Å². The minimum Gasteiger partial charge on any atom is -0.322 e. The summed E-state index contributed by atoms with van der Waals surface area (Å²) in [4.78, 5) is 38.1. The van der Waals surface area contributed by atoms with Crippen molar-refractivity contribution in [1.82, 2.24) is 25.2 Å². The Kier molecular flexibility index (Phi) is 4.84. The molecule has 2 aliphatic rings. The maximum absolute atomic E-state index is 12.9. The van der Waals surface area contributed by atoms with Gasteiger partial charge in [0.1, 0.15) is 11.7 Å². The van der Waals surface area contributed by atoms with Crippen LogP contribution in [0.2, 0.25) is 0 Å². The first-order chi connectivity index (χ1) is 15.4. The SMILES string of the molecule is CC(C)c1ccccc1-c1cn(-c2ccc3c(c2)CN(C2CCC(=O)NC2=O)C3=O)nn1. The van der Waals surface area contributed by atoms with Crippen LogP contribution in [0.1, 0.15) is 54.1 Å². The monoisotopic (exact) mass is 429 g/mol. The van der Waals surface area contributed by atoms with Crippen molar-refractivity contribution in [3.8, 4) is 16.9 Å². The molecule has 0 bridgehead atoms. The van der Waals surface area contributed by atoms with Crippen LogP contribution in [-0.2, 0) is 16.1 Å². The number of benzene rings is 2. The first kappa shape index (κ1) is 20.1. The first-order valence-electron chi connectivity index (χ1n) is 10.7. The quantitative estimate of drug-likeness (QED) is 0.643. The Balaban J connectivity index is 1.42. The molecule has 8 heteroatoms. The molecule has 162 valence electrons. The fourth-order valence-electron chi connectivity index (χ4n) is 4.45. The lowest BCUT2D eigenvalue weighted by atomic mass is 9.96. The van der Waals surface area contributed by atoms with Crippen molar-refractivity contribution in [3.63, 3.8) is 0 Å². The van der Waals surface area contributed by atoms with Gasteiger partial charge in [0.15, 0.2) is 0 Å². The minimum absolute atomic E-state index is 0.189. The summed E-state index contributed by atoms with van der Waals surface area (Å²) in [6.07, 6.45) is 2.47. The molecule has 1 fully saturated rings. The van der Waals surface area contributed by atoms with Crippen LogP contribution in [-0.4, -0.2) is 43.7 Å². The van der Waals surface area contributed by atoms with Gasteiger partial charge >= 0.3 is 0 Å². The van der Waals surface area contributed by atoms with Crippen LogP contribution in [0, 0.1) is 0 Å². The van der Waals surface area contributed by atoms with E-state index in [1.54, 1.807) is 15.6 Å². The van der Waals surface area contributed by atoms with Gasteiger partial charge in [0, 0.05) is 24.1 Å². The summed E-state index contributed by atoms with van der Waals surface area (Å²) in [6.45, 7) is 4.62. The second-order valence-corrected chi connectivity index (χ2v) is 8.53. The Morgan fingerprint density at radius 1 is 1.06 bits per heavy atom. The van der Waals surface area contributed by atoms with Gasteiger partial charge in [-0.25, -0.2) is 4.68 Å². The molecule has 0 saturated carbocycles. The highest BCUT2D eigenvalue weighted by Crippen LogP contribution is 2.30. The number of nitrogens with one attached hydrogen (secondary N) is 1. The van der Waals surface area contributed by atoms with Crippen molar-refractivity contribution >= 4 is 17.7 Å². The van der Waals surface area contributed by atoms with E-state index in [2.05, 4.69) is 35.5 Å². The van der Waals surface area contributed by atoms with E-state index in [9.17, 15) is 14.4 Å². The van der Waals surface area contributed by atoms with Crippen LogP contribution >= 0.6 is 0 Å². The molecule has 5 rings (SSSR count). The number of hydrogen-bond donors (Lipinski definition) is 1. The number of hydrogen-bond acceptors (Lipinski definition) is 5. The van der Waals surface area contributed by atoms with Crippen molar-refractivity contribution in [2.45, 2.75) is 45.2 Å². The van der Waals surface area contributed by atoms with Crippen molar-refractivity contribution < 1.29 is 14.4 Å². The molecule has 8 nitrogen and oxygen atoms in total. The fourth-order valence-corrected chi connectivity index (χ4v) is 4.45. The number of carbonyl (C=O) groups excluding carboxylic acids is 3. The second kappa shape index (κ2) is 7.71. The van der Waals surface area contributed by atoms with Crippen LogP contribution in [0.5, 0.6) is 0 Å². The highest BCUT2D eigenvalue weighted by atomic mass is 16.2. The van der Waals surface area contributed by atoms with Crippen molar-refractivity contribution in [3.05, 3.63) is 65.4 Å². The zero-order valence-corrected chi connectivity index (χ0v) is 17.9. The van der Waals surface area contributed by atoms with E-state index in [4.69, 9.17) is 0 Å². The van der Waals surface area contributed by atoms with Gasteiger partial charge in [0.05, 0.1) is 11.9 Å². The van der Waals surface area contributed by atoms with Gasteiger partial charge in [-0.2, -0.15) is 0 Å². The topological polar surface area (TPSA) is 97.2 Å². The third-order valence-corrected chi connectivity index (χ3v) is 6.12. The van der Waals surface area contributed by atoms with Crippen LogP contribution < -0.4 is 5.32 Å². The maximum atomic E-state index is 12.9. The predicted molar refractivity (Wildman–Crippen MR) is 117 cm³/mol. The number of piperidine rings is 1. The van der Waals surface area contributed by atoms with Crippen molar-refractivity contribution in [2.75, 3.05) is 0 Å². The van der Waals surface area contributed by atoms with Gasteiger partial charge in [-0.3, -0.25) is 19.7 Å². The molecule has 3 heterocycles. The van der Waals surface area contributed by atoms with Crippen LogP contribution in [0.4, 0.5) is 0 Å². The third kappa shape index (κ3) is 3.37. The van der Waals surface area contributed by atoms with Crippen molar-refractivity contribution in [1.29, 1.82) is 0 Å². The molecule has 1 unspecified atom stereocenters. The zero-order valence-electron chi connectivity index (χ0n) is 17.9. The Hall–Kier alpha value is -3.81. The normalized spacial score (nSPS) is 18.3. The number of aromatic nitrogens is 3. The molecular formula is C24H23N5O3. The molecule has 3 amide bonds. The Morgan fingerprint density at radius 2 is 1.88 bits per heavy atom. The van der Waals surface area contributed by atoms with Gasteiger partial charge in [0.2, 0.25) is 11.8 Å². The summed E-state index contributed by atoms with van der Waals surface area (Å²) in [6, 6.07) is 13.0. The third-order valence-electron chi connectivity index (χ3n) is 6.12. The molecular weight excluding hydrogens is 406 g/mol. The van der Waals surface area contributed by atoms with Gasteiger partial charge in [-0.05, 0) is 41.7 Å². The Bertz CT molecular complexity index is 1250. The number of rotatable bonds is 4.